The third-order valence-corrected chi connectivity index (χ3v) is 2.84. The number of para-hydroxylation sites is 1. The summed E-state index contributed by atoms with van der Waals surface area (Å²) in [5.41, 5.74) is 3.09. The maximum atomic E-state index is 12.1. The van der Waals surface area contributed by atoms with Gasteiger partial charge in [0.05, 0.1) is 17.9 Å². The number of nitrogens with zero attached hydrogens (tertiary/aromatic N) is 1. The predicted octanol–water partition coefficient (Wildman–Crippen LogP) is 1.07. The largest absolute Gasteiger partial charge is 0.462 e. The molecule has 1 aliphatic heterocycles. The van der Waals surface area contributed by atoms with Crippen LogP contribution in [0.3, 0.4) is 0 Å². The number of nitrogens with one attached hydrogen (secondary N) is 2. The molecule has 0 unspecified atom stereocenters. The van der Waals surface area contributed by atoms with Crippen molar-refractivity contribution in [3.63, 3.8) is 0 Å². The Bertz CT molecular complexity index is 610. The summed E-state index contributed by atoms with van der Waals surface area (Å²) in [5.74, 6) is -1.18. The smallest absolute Gasteiger partial charge is 0.340 e. The van der Waals surface area contributed by atoms with Gasteiger partial charge in [0.2, 0.25) is 5.91 Å². The Morgan fingerprint density at radius 3 is 2.76 bits per heavy atom. The molecule has 2 amide bonds. The maximum Gasteiger partial charge on any atom is 0.340 e. The summed E-state index contributed by atoms with van der Waals surface area (Å²) < 4.78 is 4.93. The van der Waals surface area contributed by atoms with Crippen molar-refractivity contribution in [2.45, 2.75) is 19.8 Å². The molecular formula is C14H15N3O4. The van der Waals surface area contributed by atoms with Gasteiger partial charge in [-0.05, 0) is 19.1 Å². The molecule has 1 aromatic carbocycles. The maximum absolute atomic E-state index is 12.1. The van der Waals surface area contributed by atoms with Crippen molar-refractivity contribution >= 4 is 29.2 Å². The molecule has 2 rings (SSSR count). The average Bonchev–Trinajstić information content (AvgIpc) is 2.48. The Morgan fingerprint density at radius 2 is 2.10 bits per heavy atom. The molecule has 7 nitrogen and oxygen atoms in total. The van der Waals surface area contributed by atoms with Crippen LogP contribution in [0, 0.1) is 0 Å². The highest BCUT2D eigenvalue weighted by Crippen LogP contribution is 2.17. The van der Waals surface area contributed by atoms with Gasteiger partial charge < -0.3 is 10.1 Å². The lowest BCUT2D eigenvalue weighted by Crippen LogP contribution is -2.33. The molecule has 0 bridgehead atoms. The molecule has 0 saturated carbocycles. The fraction of sp³-hybridized carbons (Fsp3) is 0.286. The van der Waals surface area contributed by atoms with Gasteiger partial charge in [0.1, 0.15) is 5.71 Å². The molecule has 1 aliphatic rings. The Balaban J connectivity index is 2.14. The molecule has 1 heterocycles. The van der Waals surface area contributed by atoms with Crippen LogP contribution in [0.25, 0.3) is 0 Å². The molecular weight excluding hydrogens is 274 g/mol. The zero-order valence-corrected chi connectivity index (χ0v) is 11.5. The third kappa shape index (κ3) is 3.65. The van der Waals surface area contributed by atoms with Crippen molar-refractivity contribution in [1.82, 2.24) is 5.43 Å². The second-order valence-corrected chi connectivity index (χ2v) is 4.31. The molecule has 0 atom stereocenters. The number of rotatable bonds is 4. The molecule has 110 valence electrons. The van der Waals surface area contributed by atoms with E-state index in [9.17, 15) is 14.4 Å². The Hall–Kier alpha value is -2.70. The van der Waals surface area contributed by atoms with Gasteiger partial charge in [-0.1, -0.05) is 12.1 Å². The molecule has 0 saturated heterocycles. The van der Waals surface area contributed by atoms with Gasteiger partial charge in [-0.25, -0.2) is 10.2 Å². The summed E-state index contributed by atoms with van der Waals surface area (Å²) in [6, 6.07) is 6.55. The topological polar surface area (TPSA) is 96.9 Å². The molecule has 7 heteroatoms. The summed E-state index contributed by atoms with van der Waals surface area (Å²) in [7, 11) is 0. The molecule has 0 fully saturated rings. The van der Waals surface area contributed by atoms with Crippen LogP contribution in [0.1, 0.15) is 30.1 Å². The molecule has 2 N–H and O–H groups in total. The first kappa shape index (κ1) is 14.7. The highest BCUT2D eigenvalue weighted by molar-refractivity contribution is 6.43. The van der Waals surface area contributed by atoms with Crippen LogP contribution in [0.5, 0.6) is 0 Å². The van der Waals surface area contributed by atoms with E-state index in [0.29, 0.717) is 5.69 Å². The van der Waals surface area contributed by atoms with E-state index in [2.05, 4.69) is 15.8 Å². The van der Waals surface area contributed by atoms with Gasteiger partial charge in [0, 0.05) is 12.8 Å². The van der Waals surface area contributed by atoms with E-state index >= 15 is 0 Å². The lowest BCUT2D eigenvalue weighted by Gasteiger charge is -2.13. The normalized spacial score (nSPS) is 14.0. The van der Waals surface area contributed by atoms with Gasteiger partial charge in [0.25, 0.3) is 5.91 Å². The van der Waals surface area contributed by atoms with Crippen molar-refractivity contribution in [1.29, 1.82) is 0 Å². The number of carbonyl (C=O) groups is 3. The van der Waals surface area contributed by atoms with Crippen LogP contribution in [-0.2, 0) is 14.3 Å². The summed E-state index contributed by atoms with van der Waals surface area (Å²) in [6.45, 7) is 1.96. The predicted molar refractivity (Wildman–Crippen MR) is 75.8 cm³/mol. The van der Waals surface area contributed by atoms with E-state index in [1.165, 1.54) is 0 Å². The highest BCUT2D eigenvalue weighted by atomic mass is 16.5. The van der Waals surface area contributed by atoms with E-state index < -0.39 is 11.9 Å². The first-order valence-electron chi connectivity index (χ1n) is 6.54. The van der Waals surface area contributed by atoms with Crippen molar-refractivity contribution in [2.75, 3.05) is 11.9 Å². The second kappa shape index (κ2) is 6.65. The highest BCUT2D eigenvalue weighted by Gasteiger charge is 2.20. The summed E-state index contributed by atoms with van der Waals surface area (Å²) in [5, 5.41) is 6.32. The van der Waals surface area contributed by atoms with Crippen LogP contribution in [-0.4, -0.2) is 30.1 Å². The quantitative estimate of drug-likeness (QED) is 0.810. The molecule has 0 spiro atoms. The van der Waals surface area contributed by atoms with E-state index in [1.807, 2.05) is 0 Å². The average molecular weight is 289 g/mol. The Kier molecular flexibility index (Phi) is 4.65. The van der Waals surface area contributed by atoms with Crippen molar-refractivity contribution in [3.8, 4) is 0 Å². The second-order valence-electron chi connectivity index (χ2n) is 4.31. The zero-order chi connectivity index (χ0) is 15.2. The van der Waals surface area contributed by atoms with E-state index in [1.54, 1.807) is 31.2 Å². The fourth-order valence-electron chi connectivity index (χ4n) is 1.81. The number of hydrazone groups is 1. The standard InChI is InChI=1S/C14H15N3O4/c1-2-21-14(20)9-5-3-4-6-10(9)15-13(19)11-7-8-12(18)17-16-11/h3-6H,2,7-8H2,1H3,(H,15,19)(H,17,18). The van der Waals surface area contributed by atoms with Gasteiger partial charge in [0.15, 0.2) is 0 Å². The molecule has 0 aliphatic carbocycles. The molecule has 0 aromatic heterocycles. The number of amides is 2. The van der Waals surface area contributed by atoms with Crippen molar-refractivity contribution < 1.29 is 19.1 Å². The summed E-state index contributed by atoms with van der Waals surface area (Å²) in [4.78, 5) is 34.9. The zero-order valence-electron chi connectivity index (χ0n) is 11.5. The number of hydrogen-bond acceptors (Lipinski definition) is 5. The minimum atomic E-state index is -0.507. The minimum Gasteiger partial charge on any atom is -0.462 e. The lowest BCUT2D eigenvalue weighted by atomic mass is 10.1. The van der Waals surface area contributed by atoms with Gasteiger partial charge in [-0.2, -0.15) is 5.10 Å². The van der Waals surface area contributed by atoms with E-state index in [0.717, 1.165) is 0 Å². The number of ether oxygens (including phenoxy) is 1. The first-order valence-corrected chi connectivity index (χ1v) is 6.54. The Labute approximate surface area is 121 Å². The monoisotopic (exact) mass is 289 g/mol. The van der Waals surface area contributed by atoms with Crippen LogP contribution < -0.4 is 10.7 Å². The van der Waals surface area contributed by atoms with Gasteiger partial charge in [-0.15, -0.1) is 0 Å². The van der Waals surface area contributed by atoms with Crippen molar-refractivity contribution in [3.05, 3.63) is 29.8 Å². The number of hydrogen-bond donors (Lipinski definition) is 2. The van der Waals surface area contributed by atoms with Crippen LogP contribution in [0.2, 0.25) is 0 Å². The lowest BCUT2D eigenvalue weighted by molar-refractivity contribution is -0.121. The van der Waals surface area contributed by atoms with Crippen molar-refractivity contribution in [2.24, 2.45) is 5.10 Å². The molecule has 1 aromatic rings. The molecule has 0 radical (unpaired) electrons. The third-order valence-electron chi connectivity index (χ3n) is 2.84. The van der Waals surface area contributed by atoms with Gasteiger partial charge >= 0.3 is 5.97 Å². The SMILES string of the molecule is CCOC(=O)c1ccccc1NC(=O)C1=NNC(=O)CC1. The Morgan fingerprint density at radius 1 is 1.33 bits per heavy atom. The molecule has 21 heavy (non-hydrogen) atoms. The minimum absolute atomic E-state index is 0.214. The van der Waals surface area contributed by atoms with Crippen LogP contribution in [0.15, 0.2) is 29.4 Å². The number of esters is 1. The number of benzene rings is 1. The summed E-state index contributed by atoms with van der Waals surface area (Å²) >= 11 is 0. The van der Waals surface area contributed by atoms with Gasteiger partial charge in [-0.3, -0.25) is 9.59 Å². The fourth-order valence-corrected chi connectivity index (χ4v) is 1.81. The summed E-state index contributed by atoms with van der Waals surface area (Å²) in [6.07, 6.45) is 0.477. The number of carbonyl (C=O) groups excluding carboxylic acids is 3. The van der Waals surface area contributed by atoms with Crippen LogP contribution >= 0.6 is 0 Å². The number of anilines is 1. The van der Waals surface area contributed by atoms with E-state index in [4.69, 9.17) is 4.74 Å². The first-order chi connectivity index (χ1) is 10.1. The van der Waals surface area contributed by atoms with E-state index in [-0.39, 0.29) is 36.6 Å². The van der Waals surface area contributed by atoms with Crippen LogP contribution in [0.4, 0.5) is 5.69 Å².